The van der Waals surface area contributed by atoms with E-state index in [9.17, 15) is 9.59 Å². The van der Waals surface area contributed by atoms with Crippen molar-refractivity contribution in [3.63, 3.8) is 0 Å². The molecule has 6 nitrogen and oxygen atoms in total. The van der Waals surface area contributed by atoms with E-state index in [0.29, 0.717) is 5.69 Å². The van der Waals surface area contributed by atoms with E-state index in [-0.39, 0.29) is 12.5 Å². The number of alkyl halides is 1. The smallest absolute Gasteiger partial charge is 0.321 e. The molecule has 0 aliphatic heterocycles. The molecular formula is C11H16BrN3O3. The summed E-state index contributed by atoms with van der Waals surface area (Å²) < 4.78 is 6.06. The minimum absolute atomic E-state index is 0.165. The fraction of sp³-hybridized carbons (Fsp3) is 0.545. The minimum Gasteiger partial charge on any atom is -0.468 e. The molecule has 0 saturated heterocycles. The number of amides is 1. The fourth-order valence-electron chi connectivity index (χ4n) is 1.40. The Balaban J connectivity index is 2.60. The van der Waals surface area contributed by atoms with Crippen molar-refractivity contribution < 1.29 is 14.3 Å². The zero-order valence-corrected chi connectivity index (χ0v) is 12.2. The second-order valence-corrected chi connectivity index (χ2v) is 4.80. The van der Waals surface area contributed by atoms with Gasteiger partial charge in [0.1, 0.15) is 10.5 Å². The van der Waals surface area contributed by atoms with Crippen LogP contribution in [0.1, 0.15) is 23.1 Å². The van der Waals surface area contributed by atoms with Crippen molar-refractivity contribution in [3.05, 3.63) is 17.5 Å². The third-order valence-corrected chi connectivity index (χ3v) is 3.12. The van der Waals surface area contributed by atoms with Crippen LogP contribution in [0.25, 0.3) is 0 Å². The van der Waals surface area contributed by atoms with Crippen molar-refractivity contribution in [3.8, 4) is 0 Å². The van der Waals surface area contributed by atoms with Gasteiger partial charge in [0.05, 0.1) is 12.8 Å². The largest absolute Gasteiger partial charge is 0.468 e. The van der Waals surface area contributed by atoms with Crippen LogP contribution in [0.5, 0.6) is 0 Å². The van der Waals surface area contributed by atoms with E-state index in [2.05, 4.69) is 31.1 Å². The summed E-state index contributed by atoms with van der Waals surface area (Å²) in [5.74, 6) is -0.687. The molecule has 7 heteroatoms. The Morgan fingerprint density at radius 2 is 2.28 bits per heavy atom. The van der Waals surface area contributed by atoms with Gasteiger partial charge in [-0.25, -0.2) is 0 Å². The van der Waals surface area contributed by atoms with E-state index in [1.54, 1.807) is 13.1 Å². The van der Waals surface area contributed by atoms with E-state index in [1.807, 2.05) is 6.92 Å². The third kappa shape index (κ3) is 3.56. The molecule has 0 aliphatic carbocycles. The Hall–Kier alpha value is -1.37. The Morgan fingerprint density at radius 1 is 1.61 bits per heavy atom. The second kappa shape index (κ2) is 6.53. The average molecular weight is 318 g/mol. The van der Waals surface area contributed by atoms with Crippen LogP contribution < -0.4 is 5.32 Å². The molecule has 1 aromatic heterocycles. The number of nitrogens with zero attached hydrogens (tertiary/aromatic N) is 2. The molecular weight excluding hydrogens is 302 g/mol. The highest BCUT2D eigenvalue weighted by Gasteiger charge is 2.18. The lowest BCUT2D eigenvalue weighted by Gasteiger charge is -2.09. The van der Waals surface area contributed by atoms with E-state index in [0.717, 1.165) is 12.1 Å². The number of carbonyl (C=O) groups excluding carboxylic acids is 2. The standard InChI is InChI=1S/C11H16BrN3O3/c1-4-7-5-9(15(2)14-7)10(16)13-6-8(12)11(17)18-3/h5,8H,4,6H2,1-3H3,(H,13,16). The Labute approximate surface area is 114 Å². The summed E-state index contributed by atoms with van der Waals surface area (Å²) in [4.78, 5) is 22.5. The zero-order valence-electron chi connectivity index (χ0n) is 10.6. The maximum absolute atomic E-state index is 11.9. The fourth-order valence-corrected chi connectivity index (χ4v) is 1.74. The first-order valence-electron chi connectivity index (χ1n) is 5.52. The van der Waals surface area contributed by atoms with Gasteiger partial charge in [-0.3, -0.25) is 14.3 Å². The van der Waals surface area contributed by atoms with Crippen molar-refractivity contribution >= 4 is 27.8 Å². The Kier molecular flexibility index (Phi) is 5.33. The maximum atomic E-state index is 11.9. The lowest BCUT2D eigenvalue weighted by atomic mass is 10.3. The molecule has 0 aliphatic rings. The summed E-state index contributed by atoms with van der Waals surface area (Å²) in [6, 6.07) is 1.73. The molecule has 0 spiro atoms. The Morgan fingerprint density at radius 3 is 2.78 bits per heavy atom. The van der Waals surface area contributed by atoms with Gasteiger partial charge < -0.3 is 10.1 Å². The maximum Gasteiger partial charge on any atom is 0.321 e. The highest BCUT2D eigenvalue weighted by atomic mass is 79.9. The molecule has 1 rings (SSSR count). The summed E-state index contributed by atoms with van der Waals surface area (Å²) in [5, 5.41) is 6.83. The monoisotopic (exact) mass is 317 g/mol. The van der Waals surface area contributed by atoms with Gasteiger partial charge in [0.2, 0.25) is 0 Å². The number of hydrogen-bond donors (Lipinski definition) is 1. The van der Waals surface area contributed by atoms with Crippen LogP contribution in [-0.2, 0) is 23.0 Å². The van der Waals surface area contributed by atoms with E-state index in [1.165, 1.54) is 11.8 Å². The molecule has 0 saturated carbocycles. The van der Waals surface area contributed by atoms with E-state index in [4.69, 9.17) is 0 Å². The molecule has 1 N–H and O–H groups in total. The van der Waals surface area contributed by atoms with Crippen molar-refractivity contribution in [1.29, 1.82) is 0 Å². The first-order chi connectivity index (χ1) is 8.49. The molecule has 0 radical (unpaired) electrons. The molecule has 1 heterocycles. The summed E-state index contributed by atoms with van der Waals surface area (Å²) in [5.41, 5.74) is 1.32. The van der Waals surface area contributed by atoms with Crippen molar-refractivity contribution in [2.24, 2.45) is 7.05 Å². The van der Waals surface area contributed by atoms with E-state index < -0.39 is 10.8 Å². The number of halogens is 1. The summed E-state index contributed by atoms with van der Waals surface area (Å²) >= 11 is 3.13. The Bertz CT molecular complexity index is 445. The first kappa shape index (κ1) is 14.7. The number of hydrogen-bond acceptors (Lipinski definition) is 4. The third-order valence-electron chi connectivity index (χ3n) is 2.42. The van der Waals surface area contributed by atoms with Gasteiger partial charge >= 0.3 is 5.97 Å². The predicted molar refractivity (Wildman–Crippen MR) is 69.7 cm³/mol. The lowest BCUT2D eigenvalue weighted by Crippen LogP contribution is -2.34. The zero-order chi connectivity index (χ0) is 13.7. The molecule has 0 bridgehead atoms. The number of aryl methyl sites for hydroxylation is 2. The van der Waals surface area contributed by atoms with Crippen molar-refractivity contribution in [2.75, 3.05) is 13.7 Å². The van der Waals surface area contributed by atoms with Gasteiger partial charge in [-0.1, -0.05) is 22.9 Å². The van der Waals surface area contributed by atoms with Crippen LogP contribution in [0.15, 0.2) is 6.07 Å². The van der Waals surface area contributed by atoms with Gasteiger partial charge in [-0.2, -0.15) is 5.10 Å². The van der Waals surface area contributed by atoms with Gasteiger partial charge in [0.25, 0.3) is 5.91 Å². The molecule has 0 aromatic carbocycles. The quantitative estimate of drug-likeness (QED) is 0.639. The van der Waals surface area contributed by atoms with Gasteiger partial charge in [-0.15, -0.1) is 0 Å². The average Bonchev–Trinajstić information content (AvgIpc) is 2.75. The minimum atomic E-state index is -0.551. The SMILES string of the molecule is CCc1cc(C(=O)NCC(Br)C(=O)OC)n(C)n1. The number of aromatic nitrogens is 2. The number of esters is 1. The molecule has 1 aromatic rings. The second-order valence-electron chi connectivity index (χ2n) is 3.70. The van der Waals surface area contributed by atoms with Crippen LogP contribution in [-0.4, -0.2) is 40.1 Å². The molecule has 1 unspecified atom stereocenters. The number of methoxy groups -OCH3 is 1. The summed E-state index contributed by atoms with van der Waals surface area (Å²) in [6.45, 7) is 2.13. The van der Waals surface area contributed by atoms with E-state index >= 15 is 0 Å². The first-order valence-corrected chi connectivity index (χ1v) is 6.44. The summed E-state index contributed by atoms with van der Waals surface area (Å²) in [6.07, 6.45) is 0.768. The molecule has 100 valence electrons. The van der Waals surface area contributed by atoms with Crippen LogP contribution in [0.3, 0.4) is 0 Å². The number of nitrogens with one attached hydrogen (secondary N) is 1. The topological polar surface area (TPSA) is 73.2 Å². The molecule has 1 atom stereocenters. The van der Waals surface area contributed by atoms with Crippen molar-refractivity contribution in [2.45, 2.75) is 18.2 Å². The van der Waals surface area contributed by atoms with Crippen molar-refractivity contribution in [1.82, 2.24) is 15.1 Å². The van der Waals surface area contributed by atoms with Gasteiger partial charge in [-0.05, 0) is 12.5 Å². The molecule has 18 heavy (non-hydrogen) atoms. The summed E-state index contributed by atoms with van der Waals surface area (Å²) in [7, 11) is 3.01. The number of carbonyl (C=O) groups is 2. The molecule has 1 amide bonds. The number of rotatable bonds is 5. The van der Waals surface area contributed by atoms with Crippen LogP contribution in [0.4, 0.5) is 0 Å². The number of ether oxygens (including phenoxy) is 1. The highest BCUT2D eigenvalue weighted by molar-refractivity contribution is 9.10. The predicted octanol–water partition coefficient (Wildman–Crippen LogP) is 0.649. The normalized spacial score (nSPS) is 12.0. The van der Waals surface area contributed by atoms with Crippen LogP contribution >= 0.6 is 15.9 Å². The lowest BCUT2D eigenvalue weighted by molar-refractivity contribution is -0.139. The van der Waals surface area contributed by atoms with Gasteiger partial charge in [0, 0.05) is 13.6 Å². The highest BCUT2D eigenvalue weighted by Crippen LogP contribution is 2.05. The van der Waals surface area contributed by atoms with Crippen LogP contribution in [0, 0.1) is 0 Å². The van der Waals surface area contributed by atoms with Crippen LogP contribution in [0.2, 0.25) is 0 Å². The van der Waals surface area contributed by atoms with Gasteiger partial charge in [0.15, 0.2) is 0 Å². The molecule has 0 fully saturated rings.